The summed E-state index contributed by atoms with van der Waals surface area (Å²) in [5.41, 5.74) is 2.36. The van der Waals surface area contributed by atoms with E-state index >= 15 is 0 Å². The molecular formula is C15H20N2S. The molecule has 3 heteroatoms. The van der Waals surface area contributed by atoms with Crippen molar-refractivity contribution in [3.63, 3.8) is 0 Å². The van der Waals surface area contributed by atoms with E-state index in [1.54, 1.807) is 11.3 Å². The smallest absolute Gasteiger partial charge is 0.123 e. The molecule has 2 rings (SSSR count). The van der Waals surface area contributed by atoms with Crippen LogP contribution in [0.2, 0.25) is 0 Å². The molecule has 0 spiro atoms. The average molecular weight is 260 g/mol. The van der Waals surface area contributed by atoms with Gasteiger partial charge in [0.15, 0.2) is 0 Å². The first-order valence-corrected chi connectivity index (χ1v) is 7.21. The second-order valence-electron chi connectivity index (χ2n) is 4.92. The molecule has 0 saturated carbocycles. The molecule has 0 fully saturated rings. The summed E-state index contributed by atoms with van der Waals surface area (Å²) < 4.78 is 0. The van der Waals surface area contributed by atoms with Crippen LogP contribution in [0.5, 0.6) is 0 Å². The lowest BCUT2D eigenvalue weighted by Gasteiger charge is -2.05. The van der Waals surface area contributed by atoms with Crippen molar-refractivity contribution in [2.75, 3.05) is 6.54 Å². The average Bonchev–Trinajstić information content (AvgIpc) is 2.72. The maximum atomic E-state index is 4.66. The van der Waals surface area contributed by atoms with Gasteiger partial charge in [0.05, 0.1) is 5.69 Å². The Labute approximate surface area is 113 Å². The molecule has 0 saturated heterocycles. The molecule has 0 aliphatic carbocycles. The summed E-state index contributed by atoms with van der Waals surface area (Å²) in [5, 5.41) is 4.60. The highest BCUT2D eigenvalue weighted by Crippen LogP contribution is 2.27. The van der Waals surface area contributed by atoms with Crippen LogP contribution in [0, 0.1) is 12.8 Å². The molecule has 1 N–H and O–H groups in total. The Morgan fingerprint density at radius 2 is 1.94 bits per heavy atom. The third-order valence-electron chi connectivity index (χ3n) is 2.75. The van der Waals surface area contributed by atoms with Gasteiger partial charge in [-0.25, -0.2) is 4.98 Å². The number of aromatic nitrogens is 1. The van der Waals surface area contributed by atoms with E-state index < -0.39 is 0 Å². The summed E-state index contributed by atoms with van der Waals surface area (Å²) in [5.74, 6) is 0.687. The van der Waals surface area contributed by atoms with Crippen molar-refractivity contribution in [2.45, 2.75) is 27.3 Å². The maximum Gasteiger partial charge on any atom is 0.123 e. The summed E-state index contributed by atoms with van der Waals surface area (Å²) in [4.78, 5) is 6.00. The van der Waals surface area contributed by atoms with Crippen molar-refractivity contribution in [1.82, 2.24) is 10.3 Å². The number of benzene rings is 1. The van der Waals surface area contributed by atoms with Crippen LogP contribution in [0.3, 0.4) is 0 Å². The number of nitrogens with zero attached hydrogens (tertiary/aromatic N) is 1. The van der Waals surface area contributed by atoms with E-state index in [0.29, 0.717) is 5.92 Å². The van der Waals surface area contributed by atoms with E-state index in [2.05, 4.69) is 55.3 Å². The Morgan fingerprint density at radius 3 is 2.61 bits per heavy atom. The van der Waals surface area contributed by atoms with E-state index in [-0.39, 0.29) is 0 Å². The lowest BCUT2D eigenvalue weighted by Crippen LogP contribution is -2.18. The molecular weight excluding hydrogens is 240 g/mol. The predicted octanol–water partition coefficient (Wildman–Crippen LogP) is 3.86. The van der Waals surface area contributed by atoms with Gasteiger partial charge in [-0.2, -0.15) is 0 Å². The van der Waals surface area contributed by atoms with Crippen molar-refractivity contribution in [3.05, 3.63) is 40.9 Å². The zero-order chi connectivity index (χ0) is 13.0. The van der Waals surface area contributed by atoms with Crippen LogP contribution in [0.25, 0.3) is 10.6 Å². The SMILES string of the molecule is Cc1nc(-c2ccccc2)sc1CNCC(C)C. The normalized spacial score (nSPS) is 11.1. The molecule has 0 aliphatic rings. The first kappa shape index (κ1) is 13.2. The minimum atomic E-state index is 0.687. The standard InChI is InChI=1S/C15H20N2S/c1-11(2)9-16-10-14-12(3)17-15(18-14)13-7-5-4-6-8-13/h4-8,11,16H,9-10H2,1-3H3. The quantitative estimate of drug-likeness (QED) is 0.883. The van der Waals surface area contributed by atoms with E-state index in [4.69, 9.17) is 0 Å². The highest BCUT2D eigenvalue weighted by Gasteiger charge is 2.08. The molecule has 1 aromatic heterocycles. The van der Waals surface area contributed by atoms with Gasteiger partial charge in [0.2, 0.25) is 0 Å². The second-order valence-corrected chi connectivity index (χ2v) is 6.00. The van der Waals surface area contributed by atoms with Crippen LogP contribution < -0.4 is 5.32 Å². The molecule has 2 aromatic rings. The molecule has 0 bridgehead atoms. The van der Waals surface area contributed by atoms with Crippen LogP contribution in [0.1, 0.15) is 24.4 Å². The number of hydrogen-bond acceptors (Lipinski definition) is 3. The van der Waals surface area contributed by atoms with Gasteiger partial charge in [-0.1, -0.05) is 44.2 Å². The predicted molar refractivity (Wildman–Crippen MR) is 78.8 cm³/mol. The minimum absolute atomic E-state index is 0.687. The molecule has 0 atom stereocenters. The number of aryl methyl sites for hydroxylation is 1. The highest BCUT2D eigenvalue weighted by atomic mass is 32.1. The third kappa shape index (κ3) is 3.40. The summed E-state index contributed by atoms with van der Waals surface area (Å²) >= 11 is 1.79. The second kappa shape index (κ2) is 6.12. The Morgan fingerprint density at radius 1 is 1.22 bits per heavy atom. The highest BCUT2D eigenvalue weighted by molar-refractivity contribution is 7.15. The Bertz CT molecular complexity index is 488. The summed E-state index contributed by atoms with van der Waals surface area (Å²) in [7, 11) is 0. The van der Waals surface area contributed by atoms with Crippen LogP contribution in [0.4, 0.5) is 0 Å². The first-order valence-electron chi connectivity index (χ1n) is 6.39. The van der Waals surface area contributed by atoms with Crippen molar-refractivity contribution < 1.29 is 0 Å². The topological polar surface area (TPSA) is 24.9 Å². The molecule has 2 nitrogen and oxygen atoms in total. The number of hydrogen-bond donors (Lipinski definition) is 1. The van der Waals surface area contributed by atoms with Gasteiger partial charge in [-0.05, 0) is 19.4 Å². The van der Waals surface area contributed by atoms with Crippen molar-refractivity contribution in [3.8, 4) is 10.6 Å². The zero-order valence-corrected chi connectivity index (χ0v) is 12.1. The summed E-state index contributed by atoms with van der Waals surface area (Å²) in [6.45, 7) is 8.52. The van der Waals surface area contributed by atoms with E-state index in [0.717, 1.165) is 23.8 Å². The van der Waals surface area contributed by atoms with Gasteiger partial charge >= 0.3 is 0 Å². The van der Waals surface area contributed by atoms with Crippen molar-refractivity contribution >= 4 is 11.3 Å². The zero-order valence-electron chi connectivity index (χ0n) is 11.2. The fourth-order valence-corrected chi connectivity index (χ4v) is 2.81. The molecule has 1 aromatic carbocycles. The minimum Gasteiger partial charge on any atom is -0.312 e. The molecule has 0 radical (unpaired) electrons. The molecule has 96 valence electrons. The number of thiazole rings is 1. The van der Waals surface area contributed by atoms with Crippen LogP contribution in [-0.2, 0) is 6.54 Å². The van der Waals surface area contributed by atoms with Crippen LogP contribution in [0.15, 0.2) is 30.3 Å². The number of rotatable bonds is 5. The van der Waals surface area contributed by atoms with Crippen molar-refractivity contribution in [2.24, 2.45) is 5.92 Å². The van der Waals surface area contributed by atoms with Crippen molar-refractivity contribution in [1.29, 1.82) is 0 Å². The third-order valence-corrected chi connectivity index (χ3v) is 3.96. The summed E-state index contributed by atoms with van der Waals surface area (Å²) in [6.07, 6.45) is 0. The van der Waals surface area contributed by atoms with E-state index in [1.165, 1.54) is 10.4 Å². The Kier molecular flexibility index (Phi) is 4.50. The summed E-state index contributed by atoms with van der Waals surface area (Å²) in [6, 6.07) is 10.4. The van der Waals surface area contributed by atoms with Gasteiger partial charge < -0.3 is 5.32 Å². The van der Waals surface area contributed by atoms with Gasteiger partial charge in [0.25, 0.3) is 0 Å². The lowest BCUT2D eigenvalue weighted by molar-refractivity contribution is 0.554. The number of nitrogens with one attached hydrogen (secondary N) is 1. The monoisotopic (exact) mass is 260 g/mol. The maximum absolute atomic E-state index is 4.66. The van der Waals surface area contributed by atoms with E-state index in [1.807, 2.05) is 6.07 Å². The molecule has 18 heavy (non-hydrogen) atoms. The largest absolute Gasteiger partial charge is 0.312 e. The fraction of sp³-hybridized carbons (Fsp3) is 0.400. The molecule has 0 aliphatic heterocycles. The van der Waals surface area contributed by atoms with Crippen LogP contribution in [-0.4, -0.2) is 11.5 Å². The molecule has 1 heterocycles. The Balaban J connectivity index is 2.08. The van der Waals surface area contributed by atoms with Gasteiger partial charge in [0, 0.05) is 17.0 Å². The molecule has 0 amide bonds. The first-order chi connectivity index (χ1) is 8.66. The van der Waals surface area contributed by atoms with Gasteiger partial charge in [-0.3, -0.25) is 0 Å². The molecule has 0 unspecified atom stereocenters. The van der Waals surface area contributed by atoms with Gasteiger partial charge in [-0.15, -0.1) is 11.3 Å². The van der Waals surface area contributed by atoms with Gasteiger partial charge in [0.1, 0.15) is 5.01 Å². The Hall–Kier alpha value is -1.19. The van der Waals surface area contributed by atoms with Crippen LogP contribution >= 0.6 is 11.3 Å². The fourth-order valence-electron chi connectivity index (χ4n) is 1.77. The lowest BCUT2D eigenvalue weighted by atomic mass is 10.2. The van der Waals surface area contributed by atoms with E-state index in [9.17, 15) is 0 Å².